The number of piperidine rings is 1. The lowest BCUT2D eigenvalue weighted by molar-refractivity contribution is -0.138. The van der Waals surface area contributed by atoms with Gasteiger partial charge in [0, 0.05) is 37.7 Å². The fraction of sp³-hybridized carbons (Fsp3) is 0.619. The zero-order chi connectivity index (χ0) is 21.2. The molecule has 160 valence electrons. The molecular formula is C21H31N3O4S. The van der Waals surface area contributed by atoms with Crippen LogP contribution in [0, 0.1) is 11.8 Å². The summed E-state index contributed by atoms with van der Waals surface area (Å²) in [5, 5.41) is 0. The number of amides is 2. The Morgan fingerprint density at radius 3 is 2.07 bits per heavy atom. The van der Waals surface area contributed by atoms with E-state index in [0.717, 1.165) is 31.6 Å². The van der Waals surface area contributed by atoms with Gasteiger partial charge < -0.3 is 10.6 Å². The van der Waals surface area contributed by atoms with Crippen molar-refractivity contribution >= 4 is 21.8 Å². The second-order valence-corrected chi connectivity index (χ2v) is 10.4. The van der Waals surface area contributed by atoms with Crippen LogP contribution in [0.5, 0.6) is 0 Å². The Hall–Kier alpha value is -1.93. The van der Waals surface area contributed by atoms with Gasteiger partial charge in [0.2, 0.25) is 21.8 Å². The Morgan fingerprint density at radius 2 is 1.55 bits per heavy atom. The van der Waals surface area contributed by atoms with Gasteiger partial charge in [-0.3, -0.25) is 9.59 Å². The van der Waals surface area contributed by atoms with E-state index in [-0.39, 0.29) is 22.3 Å². The van der Waals surface area contributed by atoms with Crippen LogP contribution in [0.15, 0.2) is 29.2 Å². The van der Waals surface area contributed by atoms with Crippen molar-refractivity contribution in [3.8, 4) is 0 Å². The summed E-state index contributed by atoms with van der Waals surface area (Å²) in [6.07, 6.45) is 5.49. The monoisotopic (exact) mass is 421 g/mol. The third-order valence-corrected chi connectivity index (χ3v) is 8.37. The summed E-state index contributed by atoms with van der Waals surface area (Å²) in [7, 11) is -1.75. The standard InChI is InChI=1S/C21H31N3O4S/c1-15-3-7-18(8-4-15)23(2)21(26)17-11-13-24(14-12-17)29(27,28)19-9-5-16(6-10-19)20(22)25/h5-6,9-10,15,17-18H,3-4,7-8,11-14H2,1-2H3,(H2,22,25). The van der Waals surface area contributed by atoms with Gasteiger partial charge in [0.05, 0.1) is 4.90 Å². The minimum absolute atomic E-state index is 0.122. The SMILES string of the molecule is CC1CCC(N(C)C(=O)C2CCN(S(=O)(=O)c3ccc(C(N)=O)cc3)CC2)CC1. The molecule has 1 aromatic carbocycles. The third-order valence-electron chi connectivity index (χ3n) is 6.46. The molecule has 1 aromatic rings. The molecule has 3 rings (SSSR count). The van der Waals surface area contributed by atoms with Gasteiger partial charge in [-0.05, 0) is 68.7 Å². The van der Waals surface area contributed by atoms with Crippen LogP contribution in [0.4, 0.5) is 0 Å². The molecule has 7 nitrogen and oxygen atoms in total. The average Bonchev–Trinajstić information content (AvgIpc) is 2.73. The van der Waals surface area contributed by atoms with Crippen molar-refractivity contribution in [1.29, 1.82) is 0 Å². The first-order chi connectivity index (χ1) is 13.7. The van der Waals surface area contributed by atoms with Crippen molar-refractivity contribution < 1.29 is 18.0 Å². The molecule has 2 N–H and O–H groups in total. The zero-order valence-corrected chi connectivity index (χ0v) is 18.0. The van der Waals surface area contributed by atoms with Gasteiger partial charge in [-0.1, -0.05) is 6.92 Å². The number of primary amides is 1. The summed E-state index contributed by atoms with van der Waals surface area (Å²) >= 11 is 0. The highest BCUT2D eigenvalue weighted by molar-refractivity contribution is 7.89. The van der Waals surface area contributed by atoms with E-state index in [1.165, 1.54) is 28.6 Å². The molecule has 0 spiro atoms. The maximum Gasteiger partial charge on any atom is 0.248 e. The van der Waals surface area contributed by atoms with E-state index in [4.69, 9.17) is 5.73 Å². The van der Waals surface area contributed by atoms with Crippen molar-refractivity contribution in [1.82, 2.24) is 9.21 Å². The number of hydrogen-bond acceptors (Lipinski definition) is 4. The molecule has 0 atom stereocenters. The van der Waals surface area contributed by atoms with E-state index >= 15 is 0 Å². The first-order valence-electron chi connectivity index (χ1n) is 10.4. The van der Waals surface area contributed by atoms with Gasteiger partial charge >= 0.3 is 0 Å². The highest BCUT2D eigenvalue weighted by Gasteiger charge is 2.35. The van der Waals surface area contributed by atoms with E-state index < -0.39 is 15.9 Å². The Bertz CT molecular complexity index is 837. The molecule has 0 bridgehead atoms. The molecule has 1 saturated carbocycles. The second-order valence-electron chi connectivity index (χ2n) is 8.43. The van der Waals surface area contributed by atoms with Crippen molar-refractivity contribution in [2.75, 3.05) is 20.1 Å². The zero-order valence-electron chi connectivity index (χ0n) is 17.2. The Kier molecular flexibility index (Phi) is 6.63. The van der Waals surface area contributed by atoms with Gasteiger partial charge in [-0.25, -0.2) is 8.42 Å². The molecule has 29 heavy (non-hydrogen) atoms. The largest absolute Gasteiger partial charge is 0.366 e. The number of nitrogens with two attached hydrogens (primary N) is 1. The molecule has 1 aliphatic carbocycles. The van der Waals surface area contributed by atoms with Crippen molar-refractivity contribution in [3.05, 3.63) is 29.8 Å². The van der Waals surface area contributed by atoms with Crippen molar-refractivity contribution in [3.63, 3.8) is 0 Å². The molecule has 1 heterocycles. The predicted octanol–water partition coefficient (Wildman–Crippen LogP) is 2.22. The number of sulfonamides is 1. The number of carbonyl (C=O) groups excluding carboxylic acids is 2. The number of hydrogen-bond donors (Lipinski definition) is 1. The number of nitrogens with zero attached hydrogens (tertiary/aromatic N) is 2. The van der Waals surface area contributed by atoms with Gasteiger partial charge in [0.25, 0.3) is 0 Å². The first kappa shape index (κ1) is 21.8. The average molecular weight is 422 g/mol. The summed E-state index contributed by atoms with van der Waals surface area (Å²) in [4.78, 5) is 26.1. The first-order valence-corrected chi connectivity index (χ1v) is 11.8. The smallest absolute Gasteiger partial charge is 0.248 e. The molecule has 2 amide bonds. The maximum absolute atomic E-state index is 12.9. The predicted molar refractivity (Wildman–Crippen MR) is 111 cm³/mol. The minimum Gasteiger partial charge on any atom is -0.366 e. The Labute approximate surface area is 173 Å². The summed E-state index contributed by atoms with van der Waals surface area (Å²) < 4.78 is 27.2. The minimum atomic E-state index is -3.64. The summed E-state index contributed by atoms with van der Waals surface area (Å²) in [6, 6.07) is 5.97. The lowest BCUT2D eigenvalue weighted by atomic mass is 9.86. The third kappa shape index (κ3) is 4.80. The lowest BCUT2D eigenvalue weighted by Crippen LogP contribution is -2.46. The fourth-order valence-corrected chi connectivity index (χ4v) is 5.85. The van der Waals surface area contributed by atoms with E-state index in [1.54, 1.807) is 0 Å². The van der Waals surface area contributed by atoms with Crippen LogP contribution in [0.25, 0.3) is 0 Å². The maximum atomic E-state index is 12.9. The topological polar surface area (TPSA) is 101 Å². The highest BCUT2D eigenvalue weighted by atomic mass is 32.2. The molecule has 1 saturated heterocycles. The molecule has 0 unspecified atom stereocenters. The van der Waals surface area contributed by atoms with Crippen molar-refractivity contribution in [2.45, 2.75) is 56.4 Å². The van der Waals surface area contributed by atoms with E-state index in [9.17, 15) is 18.0 Å². The van der Waals surface area contributed by atoms with Crippen LogP contribution < -0.4 is 5.73 Å². The van der Waals surface area contributed by atoms with Crippen LogP contribution in [-0.2, 0) is 14.8 Å². The van der Waals surface area contributed by atoms with Crippen LogP contribution in [0.2, 0.25) is 0 Å². The van der Waals surface area contributed by atoms with Gasteiger partial charge in [-0.15, -0.1) is 0 Å². The van der Waals surface area contributed by atoms with E-state index in [2.05, 4.69) is 6.92 Å². The molecule has 2 aliphatic rings. The summed E-state index contributed by atoms with van der Waals surface area (Å²) in [5.41, 5.74) is 5.48. The van der Waals surface area contributed by atoms with Crippen LogP contribution >= 0.6 is 0 Å². The van der Waals surface area contributed by atoms with E-state index in [0.29, 0.717) is 32.0 Å². The molecule has 0 aromatic heterocycles. The van der Waals surface area contributed by atoms with Crippen LogP contribution in [0.1, 0.15) is 55.8 Å². The lowest BCUT2D eigenvalue weighted by Gasteiger charge is -2.37. The fourth-order valence-electron chi connectivity index (χ4n) is 4.38. The quantitative estimate of drug-likeness (QED) is 0.788. The van der Waals surface area contributed by atoms with Crippen LogP contribution in [-0.4, -0.2) is 55.6 Å². The van der Waals surface area contributed by atoms with Gasteiger partial charge in [0.1, 0.15) is 0 Å². The van der Waals surface area contributed by atoms with Gasteiger partial charge in [-0.2, -0.15) is 4.31 Å². The number of benzene rings is 1. The molecule has 8 heteroatoms. The molecular weight excluding hydrogens is 390 g/mol. The van der Waals surface area contributed by atoms with Crippen molar-refractivity contribution in [2.24, 2.45) is 17.6 Å². The highest BCUT2D eigenvalue weighted by Crippen LogP contribution is 2.30. The Morgan fingerprint density at radius 1 is 1.00 bits per heavy atom. The normalized spacial score (nSPS) is 24.2. The number of rotatable bonds is 5. The van der Waals surface area contributed by atoms with E-state index in [1.807, 2.05) is 11.9 Å². The van der Waals surface area contributed by atoms with Crippen LogP contribution in [0.3, 0.4) is 0 Å². The Balaban J connectivity index is 1.59. The second kappa shape index (κ2) is 8.83. The molecule has 0 radical (unpaired) electrons. The summed E-state index contributed by atoms with van der Waals surface area (Å²) in [6.45, 7) is 2.91. The summed E-state index contributed by atoms with van der Waals surface area (Å²) in [5.74, 6) is 0.167. The number of carbonyl (C=O) groups is 2. The van der Waals surface area contributed by atoms with Gasteiger partial charge in [0.15, 0.2) is 0 Å². The molecule has 1 aliphatic heterocycles. The molecule has 2 fully saturated rings.